The number of rotatable bonds is 5. The quantitative estimate of drug-likeness (QED) is 0.601. The first kappa shape index (κ1) is 21.2. The van der Waals surface area contributed by atoms with E-state index >= 15 is 0 Å². The van der Waals surface area contributed by atoms with Crippen molar-refractivity contribution in [3.05, 3.63) is 95.6 Å². The third-order valence-electron chi connectivity index (χ3n) is 4.96. The van der Waals surface area contributed by atoms with Crippen molar-refractivity contribution in [1.29, 1.82) is 0 Å². The predicted molar refractivity (Wildman–Crippen MR) is 120 cm³/mol. The molecule has 1 aliphatic carbocycles. The minimum absolute atomic E-state index is 0. The van der Waals surface area contributed by atoms with Crippen LogP contribution in [0, 0.1) is 6.92 Å². The number of pyridine rings is 2. The molecule has 0 atom stereocenters. The predicted octanol–water partition coefficient (Wildman–Crippen LogP) is 5.61. The maximum absolute atomic E-state index is 13.6. The van der Waals surface area contributed by atoms with Gasteiger partial charge in [0.25, 0.3) is 0 Å². The van der Waals surface area contributed by atoms with Crippen LogP contribution < -0.4 is 5.32 Å². The Labute approximate surface area is 176 Å². The Bertz CT molecular complexity index is 1180. The third kappa shape index (κ3) is 4.22. The Morgan fingerprint density at radius 2 is 2.10 bits per heavy atom. The summed E-state index contributed by atoms with van der Waals surface area (Å²) in [6.07, 6.45) is 11.9. The fourth-order valence-corrected chi connectivity index (χ4v) is 3.43. The smallest absolute Gasteiger partial charge is 0.155 e. The molecule has 0 bridgehead atoms. The van der Waals surface area contributed by atoms with Crippen LogP contribution in [-0.2, 0) is 0 Å². The summed E-state index contributed by atoms with van der Waals surface area (Å²) in [5.41, 5.74) is 7.06. The lowest BCUT2D eigenvalue weighted by atomic mass is 9.95. The first-order valence-corrected chi connectivity index (χ1v) is 9.51. The zero-order valence-corrected chi connectivity index (χ0v) is 16.5. The number of hydrogen-bond donors (Lipinski definition) is 1. The molecule has 5 nitrogen and oxygen atoms in total. The van der Waals surface area contributed by atoms with Crippen molar-refractivity contribution in [2.24, 2.45) is 0 Å². The van der Waals surface area contributed by atoms with Crippen LogP contribution >= 0.6 is 0 Å². The van der Waals surface area contributed by atoms with E-state index in [1.54, 1.807) is 10.7 Å². The van der Waals surface area contributed by atoms with Gasteiger partial charge in [0, 0.05) is 47.0 Å². The van der Waals surface area contributed by atoms with Crippen LogP contribution in [0.25, 0.3) is 16.9 Å². The van der Waals surface area contributed by atoms with E-state index in [1.165, 1.54) is 12.4 Å². The maximum atomic E-state index is 13.6. The Morgan fingerprint density at radius 3 is 2.87 bits per heavy atom. The molecule has 3 aromatic rings. The second-order valence-corrected chi connectivity index (χ2v) is 6.93. The molecule has 154 valence electrons. The SMILES string of the molecule is C.C=C(NC1=CCCC(F)=C1)c1cnc(C)c(/C(=C\C)c2ccn3ncnc3c2)c1. The van der Waals surface area contributed by atoms with Crippen LogP contribution in [0.4, 0.5) is 4.39 Å². The fourth-order valence-electron chi connectivity index (χ4n) is 3.43. The molecular weight excluding hydrogens is 377 g/mol. The normalized spacial score (nSPS) is 14.0. The third-order valence-corrected chi connectivity index (χ3v) is 4.96. The molecule has 4 rings (SSSR count). The molecule has 3 aromatic heterocycles. The molecule has 1 N–H and O–H groups in total. The zero-order valence-electron chi connectivity index (χ0n) is 16.5. The molecule has 1 aliphatic rings. The summed E-state index contributed by atoms with van der Waals surface area (Å²) in [5.74, 6) is -0.120. The molecule has 0 saturated carbocycles. The van der Waals surface area contributed by atoms with Crippen LogP contribution in [0.1, 0.15) is 49.6 Å². The fraction of sp³-hybridized carbons (Fsp3) is 0.208. The van der Waals surface area contributed by atoms with Crippen LogP contribution in [-0.4, -0.2) is 19.6 Å². The number of allylic oxidation sites excluding steroid dienone is 4. The Kier molecular flexibility index (Phi) is 6.26. The molecule has 0 fully saturated rings. The molecule has 0 amide bonds. The number of fused-ring (bicyclic) bond motifs is 1. The first-order chi connectivity index (χ1) is 14.0. The molecule has 0 aliphatic heterocycles. The highest BCUT2D eigenvalue weighted by molar-refractivity contribution is 5.83. The van der Waals surface area contributed by atoms with Crippen LogP contribution in [0.3, 0.4) is 0 Å². The molecule has 0 unspecified atom stereocenters. The van der Waals surface area contributed by atoms with E-state index in [0.717, 1.165) is 39.3 Å². The minimum Gasteiger partial charge on any atom is -0.356 e. The standard InChI is InChI=1S/C23H22FN5.CH4/c1-4-21(17-8-9-29-23(11-17)26-14-27-29)22-10-18(13-25-16(22)3)15(2)28-20-7-5-6-19(24)12-20;/h4,7-14,28H,2,5-6H2,1,3H3;1H4/b21-4-;. The largest absolute Gasteiger partial charge is 0.356 e. The van der Waals surface area contributed by atoms with Crippen LogP contribution in [0.15, 0.2) is 73.3 Å². The topological polar surface area (TPSA) is 55.1 Å². The molecule has 3 heterocycles. The summed E-state index contributed by atoms with van der Waals surface area (Å²) in [6.45, 7) is 8.11. The Morgan fingerprint density at radius 1 is 1.27 bits per heavy atom. The van der Waals surface area contributed by atoms with Gasteiger partial charge >= 0.3 is 0 Å². The van der Waals surface area contributed by atoms with E-state index < -0.39 is 0 Å². The van der Waals surface area contributed by atoms with E-state index in [9.17, 15) is 4.39 Å². The number of aromatic nitrogens is 4. The van der Waals surface area contributed by atoms with Gasteiger partial charge < -0.3 is 5.32 Å². The summed E-state index contributed by atoms with van der Waals surface area (Å²) >= 11 is 0. The van der Waals surface area contributed by atoms with Gasteiger partial charge in [0.1, 0.15) is 12.2 Å². The summed E-state index contributed by atoms with van der Waals surface area (Å²) in [5, 5.41) is 7.35. The molecule has 0 spiro atoms. The minimum atomic E-state index is -0.120. The number of aryl methyl sites for hydroxylation is 1. The summed E-state index contributed by atoms with van der Waals surface area (Å²) < 4.78 is 15.3. The Balaban J connectivity index is 0.00000256. The van der Waals surface area contributed by atoms with Gasteiger partial charge in [-0.15, -0.1) is 0 Å². The second kappa shape index (κ2) is 8.86. The van der Waals surface area contributed by atoms with Crippen molar-refractivity contribution < 1.29 is 4.39 Å². The highest BCUT2D eigenvalue weighted by Crippen LogP contribution is 2.28. The van der Waals surface area contributed by atoms with Crippen molar-refractivity contribution in [1.82, 2.24) is 24.9 Å². The maximum Gasteiger partial charge on any atom is 0.155 e. The monoisotopic (exact) mass is 403 g/mol. The van der Waals surface area contributed by atoms with Crippen LogP contribution in [0.2, 0.25) is 0 Å². The number of halogens is 1. The number of hydrogen-bond acceptors (Lipinski definition) is 4. The van der Waals surface area contributed by atoms with Crippen molar-refractivity contribution in [3.63, 3.8) is 0 Å². The second-order valence-electron chi connectivity index (χ2n) is 6.93. The summed E-state index contributed by atoms with van der Waals surface area (Å²) in [4.78, 5) is 8.84. The van der Waals surface area contributed by atoms with Gasteiger partial charge in [0.05, 0.1) is 0 Å². The molecular formula is C24H26FN5. The zero-order chi connectivity index (χ0) is 20.4. The van der Waals surface area contributed by atoms with E-state index in [2.05, 4.69) is 39.1 Å². The van der Waals surface area contributed by atoms with Crippen molar-refractivity contribution >= 4 is 16.9 Å². The highest BCUT2D eigenvalue weighted by atomic mass is 19.1. The van der Waals surface area contributed by atoms with E-state index in [1.807, 2.05) is 38.3 Å². The average Bonchev–Trinajstić information content (AvgIpc) is 3.18. The Hall–Kier alpha value is -3.54. The molecule has 0 saturated heterocycles. The molecule has 0 radical (unpaired) electrons. The van der Waals surface area contributed by atoms with E-state index in [-0.39, 0.29) is 13.3 Å². The molecule has 0 aromatic carbocycles. The number of nitrogens with one attached hydrogen (secondary N) is 1. The number of nitrogens with zero attached hydrogens (tertiary/aromatic N) is 4. The van der Waals surface area contributed by atoms with Crippen LogP contribution in [0.5, 0.6) is 0 Å². The summed E-state index contributed by atoms with van der Waals surface area (Å²) in [7, 11) is 0. The van der Waals surface area contributed by atoms with Gasteiger partial charge in [0.2, 0.25) is 0 Å². The van der Waals surface area contributed by atoms with Gasteiger partial charge in [-0.2, -0.15) is 5.10 Å². The van der Waals surface area contributed by atoms with Gasteiger partial charge in [0.15, 0.2) is 5.65 Å². The van der Waals surface area contributed by atoms with Crippen molar-refractivity contribution in [2.45, 2.75) is 34.1 Å². The average molecular weight is 404 g/mol. The highest BCUT2D eigenvalue weighted by Gasteiger charge is 2.13. The summed E-state index contributed by atoms with van der Waals surface area (Å²) in [6, 6.07) is 6.07. The lowest BCUT2D eigenvalue weighted by molar-refractivity contribution is 0.583. The van der Waals surface area contributed by atoms with Gasteiger partial charge in [-0.05, 0) is 55.7 Å². The van der Waals surface area contributed by atoms with E-state index in [4.69, 9.17) is 0 Å². The van der Waals surface area contributed by atoms with E-state index in [0.29, 0.717) is 18.5 Å². The van der Waals surface area contributed by atoms with Gasteiger partial charge in [-0.1, -0.05) is 26.2 Å². The van der Waals surface area contributed by atoms with Crippen molar-refractivity contribution in [2.75, 3.05) is 0 Å². The van der Waals surface area contributed by atoms with Crippen molar-refractivity contribution in [3.8, 4) is 0 Å². The lowest BCUT2D eigenvalue weighted by Gasteiger charge is -2.16. The van der Waals surface area contributed by atoms with Gasteiger partial charge in [-0.25, -0.2) is 13.9 Å². The first-order valence-electron chi connectivity index (χ1n) is 9.51. The van der Waals surface area contributed by atoms with Gasteiger partial charge in [-0.3, -0.25) is 4.98 Å². The molecule has 6 heteroatoms. The molecule has 30 heavy (non-hydrogen) atoms. The lowest BCUT2D eigenvalue weighted by Crippen LogP contribution is -2.12.